The number of nitrogens with one attached hydrogen (secondary N) is 1. The highest BCUT2D eigenvalue weighted by Gasteiger charge is 2.08. The highest BCUT2D eigenvalue weighted by molar-refractivity contribution is 5.65. The molecule has 0 saturated carbocycles. The lowest BCUT2D eigenvalue weighted by atomic mass is 10.2. The van der Waals surface area contributed by atoms with Gasteiger partial charge in [-0.05, 0) is 31.5 Å². The fraction of sp³-hybridized carbons (Fsp3) is 0.333. The van der Waals surface area contributed by atoms with Crippen molar-refractivity contribution >= 4 is 5.82 Å². The zero-order chi connectivity index (χ0) is 13.5. The molecule has 1 aromatic carbocycles. The van der Waals surface area contributed by atoms with Gasteiger partial charge in [0.15, 0.2) is 5.82 Å². The van der Waals surface area contributed by atoms with Crippen molar-refractivity contribution in [1.82, 2.24) is 9.97 Å². The van der Waals surface area contributed by atoms with Crippen molar-refractivity contribution in [3.05, 3.63) is 36.5 Å². The highest BCUT2D eigenvalue weighted by Crippen LogP contribution is 2.27. The van der Waals surface area contributed by atoms with Crippen LogP contribution < -0.4 is 10.1 Å². The second-order valence-corrected chi connectivity index (χ2v) is 4.14. The quantitative estimate of drug-likeness (QED) is 0.862. The van der Waals surface area contributed by atoms with Gasteiger partial charge in [0.1, 0.15) is 11.6 Å². The molecule has 1 aromatic heterocycles. The first-order valence-electron chi connectivity index (χ1n) is 6.64. The first-order chi connectivity index (χ1) is 9.35. The van der Waals surface area contributed by atoms with Crippen molar-refractivity contribution in [1.29, 1.82) is 0 Å². The molecule has 4 heteroatoms. The third-order valence-electron chi connectivity index (χ3n) is 2.60. The molecule has 2 aromatic rings. The number of hydrogen-bond donors (Lipinski definition) is 1. The Balaban J connectivity index is 2.32. The van der Waals surface area contributed by atoms with E-state index < -0.39 is 0 Å². The van der Waals surface area contributed by atoms with E-state index in [-0.39, 0.29) is 0 Å². The summed E-state index contributed by atoms with van der Waals surface area (Å²) in [4.78, 5) is 8.83. The van der Waals surface area contributed by atoms with Gasteiger partial charge in [-0.3, -0.25) is 0 Å². The summed E-state index contributed by atoms with van der Waals surface area (Å²) < 4.78 is 5.74. The Labute approximate surface area is 113 Å². The average Bonchev–Trinajstić information content (AvgIpc) is 2.46. The first-order valence-corrected chi connectivity index (χ1v) is 6.64. The van der Waals surface area contributed by atoms with Crippen LogP contribution in [0.15, 0.2) is 36.5 Å². The molecule has 4 nitrogen and oxygen atoms in total. The van der Waals surface area contributed by atoms with Crippen LogP contribution in [0.25, 0.3) is 11.4 Å². The molecule has 0 fully saturated rings. The summed E-state index contributed by atoms with van der Waals surface area (Å²) in [7, 11) is 0. The molecular weight excluding hydrogens is 238 g/mol. The lowest BCUT2D eigenvalue weighted by molar-refractivity contribution is 0.318. The Hall–Kier alpha value is -2.10. The highest BCUT2D eigenvalue weighted by atomic mass is 16.5. The Morgan fingerprint density at radius 1 is 1.16 bits per heavy atom. The molecule has 0 aliphatic carbocycles. The lowest BCUT2D eigenvalue weighted by Gasteiger charge is -2.10. The van der Waals surface area contributed by atoms with E-state index in [0.717, 1.165) is 30.1 Å². The van der Waals surface area contributed by atoms with E-state index in [9.17, 15) is 0 Å². The summed E-state index contributed by atoms with van der Waals surface area (Å²) in [5, 5.41) is 3.19. The summed E-state index contributed by atoms with van der Waals surface area (Å²) in [6.45, 7) is 5.67. The molecule has 0 aliphatic rings. The number of benzene rings is 1. The van der Waals surface area contributed by atoms with E-state index in [4.69, 9.17) is 4.74 Å². The van der Waals surface area contributed by atoms with Crippen LogP contribution in [0.3, 0.4) is 0 Å². The number of nitrogens with zero attached hydrogens (tertiary/aromatic N) is 2. The van der Waals surface area contributed by atoms with E-state index in [1.54, 1.807) is 6.20 Å². The summed E-state index contributed by atoms with van der Waals surface area (Å²) in [6, 6.07) is 9.73. The molecule has 2 rings (SSSR count). The minimum Gasteiger partial charge on any atom is -0.493 e. The van der Waals surface area contributed by atoms with E-state index in [0.29, 0.717) is 12.4 Å². The molecule has 0 atom stereocenters. The van der Waals surface area contributed by atoms with E-state index in [2.05, 4.69) is 22.2 Å². The van der Waals surface area contributed by atoms with E-state index >= 15 is 0 Å². The largest absolute Gasteiger partial charge is 0.493 e. The smallest absolute Gasteiger partial charge is 0.165 e. The molecule has 0 bridgehead atoms. The van der Waals surface area contributed by atoms with Crippen LogP contribution in [-0.4, -0.2) is 23.1 Å². The minimum absolute atomic E-state index is 0.685. The molecule has 0 amide bonds. The average molecular weight is 257 g/mol. The zero-order valence-electron chi connectivity index (χ0n) is 11.4. The van der Waals surface area contributed by atoms with Crippen molar-refractivity contribution < 1.29 is 4.74 Å². The summed E-state index contributed by atoms with van der Waals surface area (Å²) >= 11 is 0. The van der Waals surface area contributed by atoms with Gasteiger partial charge in [-0.25, -0.2) is 9.97 Å². The van der Waals surface area contributed by atoms with Crippen LogP contribution in [-0.2, 0) is 0 Å². The van der Waals surface area contributed by atoms with Gasteiger partial charge in [0.25, 0.3) is 0 Å². The van der Waals surface area contributed by atoms with Crippen molar-refractivity contribution in [3.8, 4) is 17.1 Å². The normalized spacial score (nSPS) is 10.2. The molecule has 0 spiro atoms. The molecular formula is C15H19N3O. The maximum Gasteiger partial charge on any atom is 0.165 e. The fourth-order valence-corrected chi connectivity index (χ4v) is 1.76. The van der Waals surface area contributed by atoms with Crippen LogP contribution in [0.5, 0.6) is 5.75 Å². The van der Waals surface area contributed by atoms with E-state index in [1.165, 1.54) is 0 Å². The number of ether oxygens (including phenoxy) is 1. The Bertz CT molecular complexity index is 528. The van der Waals surface area contributed by atoms with Crippen molar-refractivity contribution in [2.45, 2.75) is 20.3 Å². The Morgan fingerprint density at radius 3 is 2.79 bits per heavy atom. The summed E-state index contributed by atoms with van der Waals surface area (Å²) in [6.07, 6.45) is 2.74. The maximum absolute atomic E-state index is 5.74. The van der Waals surface area contributed by atoms with Crippen LogP contribution >= 0.6 is 0 Å². The third kappa shape index (κ3) is 3.44. The monoisotopic (exact) mass is 257 g/mol. The van der Waals surface area contributed by atoms with Crippen molar-refractivity contribution in [2.24, 2.45) is 0 Å². The predicted octanol–water partition coefficient (Wildman–Crippen LogP) is 3.36. The standard InChI is InChI=1S/C15H19N3O/c1-3-11-19-13-8-6-5-7-12(13)15-17-10-9-14(18-15)16-4-2/h5-10H,3-4,11H2,1-2H3,(H,16,17,18). The minimum atomic E-state index is 0.685. The summed E-state index contributed by atoms with van der Waals surface area (Å²) in [5.74, 6) is 2.35. The van der Waals surface area contributed by atoms with Gasteiger partial charge in [0.05, 0.1) is 12.2 Å². The summed E-state index contributed by atoms with van der Waals surface area (Å²) in [5.41, 5.74) is 0.927. The van der Waals surface area contributed by atoms with Crippen LogP contribution in [0.1, 0.15) is 20.3 Å². The molecule has 19 heavy (non-hydrogen) atoms. The van der Waals surface area contributed by atoms with Crippen LogP contribution in [0.2, 0.25) is 0 Å². The van der Waals surface area contributed by atoms with Gasteiger partial charge in [-0.15, -0.1) is 0 Å². The maximum atomic E-state index is 5.74. The molecule has 0 saturated heterocycles. The number of rotatable bonds is 6. The van der Waals surface area contributed by atoms with Crippen LogP contribution in [0.4, 0.5) is 5.82 Å². The second kappa shape index (κ2) is 6.73. The molecule has 0 aliphatic heterocycles. The topological polar surface area (TPSA) is 47.0 Å². The van der Waals surface area contributed by atoms with Gasteiger partial charge in [0, 0.05) is 12.7 Å². The zero-order valence-corrected chi connectivity index (χ0v) is 11.4. The van der Waals surface area contributed by atoms with Gasteiger partial charge in [-0.2, -0.15) is 0 Å². The van der Waals surface area contributed by atoms with Crippen molar-refractivity contribution in [2.75, 3.05) is 18.5 Å². The number of hydrogen-bond acceptors (Lipinski definition) is 4. The SMILES string of the molecule is CCCOc1ccccc1-c1nccc(NCC)n1. The number of anilines is 1. The number of para-hydroxylation sites is 1. The molecule has 100 valence electrons. The Morgan fingerprint density at radius 2 is 2.00 bits per heavy atom. The molecule has 1 N–H and O–H groups in total. The third-order valence-corrected chi connectivity index (χ3v) is 2.60. The lowest BCUT2D eigenvalue weighted by Crippen LogP contribution is -2.02. The molecule has 0 unspecified atom stereocenters. The molecule has 1 heterocycles. The predicted molar refractivity (Wildman–Crippen MR) is 77.4 cm³/mol. The first kappa shape index (κ1) is 13.3. The Kier molecular flexibility index (Phi) is 4.72. The van der Waals surface area contributed by atoms with Gasteiger partial charge in [-0.1, -0.05) is 19.1 Å². The number of aromatic nitrogens is 2. The van der Waals surface area contributed by atoms with Gasteiger partial charge < -0.3 is 10.1 Å². The van der Waals surface area contributed by atoms with E-state index in [1.807, 2.05) is 37.3 Å². The van der Waals surface area contributed by atoms with Crippen molar-refractivity contribution in [3.63, 3.8) is 0 Å². The fourth-order valence-electron chi connectivity index (χ4n) is 1.76. The second-order valence-electron chi connectivity index (χ2n) is 4.14. The molecule has 0 radical (unpaired) electrons. The van der Waals surface area contributed by atoms with Gasteiger partial charge in [0.2, 0.25) is 0 Å². The van der Waals surface area contributed by atoms with Gasteiger partial charge >= 0.3 is 0 Å². The van der Waals surface area contributed by atoms with Crippen LogP contribution in [0, 0.1) is 0 Å².